The Kier molecular flexibility index (Phi) is 7.14. The molecular weight excluding hydrogens is 473 g/mol. The Morgan fingerprint density at radius 1 is 1.09 bits per heavy atom. The number of aryl methyl sites for hydroxylation is 2. The van der Waals surface area contributed by atoms with Gasteiger partial charge in [-0.2, -0.15) is 13.4 Å². The maximum Gasteiger partial charge on any atom is 0.417 e. The highest BCUT2D eigenvalue weighted by molar-refractivity contribution is 7.79. The zero-order valence-electron chi connectivity index (χ0n) is 18.1. The van der Waals surface area contributed by atoms with Crippen molar-refractivity contribution < 1.29 is 31.1 Å². The highest BCUT2D eigenvalue weighted by Gasteiger charge is 2.11. The molecule has 0 aliphatic heterocycles. The molecule has 0 aliphatic rings. The van der Waals surface area contributed by atoms with Crippen LogP contribution in [0.1, 0.15) is 11.1 Å². The Balaban J connectivity index is 0.000000588. The van der Waals surface area contributed by atoms with Crippen molar-refractivity contribution in [3.63, 3.8) is 0 Å². The SMILES string of the molecule is COc1cc(Nc2ncc(C)c(Nc3ccc4oc(=O)[nH]c4c3)n2)cc(C)c1F.O=S(=O)(O)O. The minimum Gasteiger partial charge on any atom is -0.494 e. The lowest BCUT2D eigenvalue weighted by molar-refractivity contribution is 0.381. The Morgan fingerprint density at radius 2 is 1.79 bits per heavy atom. The summed E-state index contributed by atoms with van der Waals surface area (Å²) in [5.41, 5.74) is 3.65. The summed E-state index contributed by atoms with van der Waals surface area (Å²) in [7, 11) is -3.25. The zero-order chi connectivity index (χ0) is 25.0. The molecule has 14 heteroatoms. The summed E-state index contributed by atoms with van der Waals surface area (Å²) in [6.07, 6.45) is 1.67. The molecule has 5 N–H and O–H groups in total. The van der Waals surface area contributed by atoms with Crippen LogP contribution in [0.15, 0.2) is 45.7 Å². The molecule has 4 rings (SSSR count). The standard InChI is InChI=1S/C20H18FN5O3.H2O4S/c1-10-6-13(8-16(28-3)17(10)21)24-19-22-9-11(2)18(26-19)23-12-4-5-15-14(7-12)25-20(27)29-15;1-5(2,3)4/h4-9H,1-3H3,(H,25,27)(H2,22,23,24,26);(H2,1,2,3,4). The number of H-pyrrole nitrogens is 1. The van der Waals surface area contributed by atoms with Crippen LogP contribution in [0.4, 0.5) is 27.5 Å². The molecular formula is C20H20FN5O7S. The quantitative estimate of drug-likeness (QED) is 0.257. The van der Waals surface area contributed by atoms with E-state index < -0.39 is 22.0 Å². The minimum atomic E-state index is -4.67. The predicted octanol–water partition coefficient (Wildman–Crippen LogP) is 3.51. The van der Waals surface area contributed by atoms with Gasteiger partial charge in [0.15, 0.2) is 17.1 Å². The highest BCUT2D eigenvalue weighted by atomic mass is 32.3. The number of anilines is 4. The number of benzene rings is 2. The van der Waals surface area contributed by atoms with Crippen LogP contribution >= 0.6 is 0 Å². The fourth-order valence-electron chi connectivity index (χ4n) is 2.88. The second-order valence-electron chi connectivity index (χ2n) is 6.96. The molecule has 0 bridgehead atoms. The monoisotopic (exact) mass is 493 g/mol. The number of hydrogen-bond acceptors (Lipinski definition) is 9. The third kappa shape index (κ3) is 6.50. The van der Waals surface area contributed by atoms with Gasteiger partial charge in [-0.25, -0.2) is 14.2 Å². The number of aromatic nitrogens is 3. The van der Waals surface area contributed by atoms with Crippen LogP contribution in [0.2, 0.25) is 0 Å². The van der Waals surface area contributed by atoms with Gasteiger partial charge in [0.05, 0.1) is 12.6 Å². The van der Waals surface area contributed by atoms with Crippen molar-refractivity contribution in [3.8, 4) is 5.75 Å². The number of nitrogens with one attached hydrogen (secondary N) is 3. The van der Waals surface area contributed by atoms with Crippen LogP contribution in [0, 0.1) is 19.7 Å². The topological polar surface area (TPSA) is 180 Å². The van der Waals surface area contributed by atoms with Gasteiger partial charge < -0.3 is 19.8 Å². The molecule has 180 valence electrons. The molecule has 0 spiro atoms. The van der Waals surface area contributed by atoms with Gasteiger partial charge in [0.1, 0.15) is 5.82 Å². The molecule has 0 radical (unpaired) electrons. The summed E-state index contributed by atoms with van der Waals surface area (Å²) < 4.78 is 55.6. The fourth-order valence-corrected chi connectivity index (χ4v) is 2.88. The second kappa shape index (κ2) is 9.86. The summed E-state index contributed by atoms with van der Waals surface area (Å²) in [5, 5.41) is 6.26. The maximum absolute atomic E-state index is 14.0. The molecule has 0 atom stereocenters. The van der Waals surface area contributed by atoms with Gasteiger partial charge >= 0.3 is 16.2 Å². The Morgan fingerprint density at radius 3 is 2.47 bits per heavy atom. The van der Waals surface area contributed by atoms with E-state index in [4.69, 9.17) is 26.7 Å². The van der Waals surface area contributed by atoms with E-state index in [-0.39, 0.29) is 5.75 Å². The van der Waals surface area contributed by atoms with E-state index in [0.29, 0.717) is 34.1 Å². The number of aromatic amines is 1. The predicted molar refractivity (Wildman–Crippen MR) is 122 cm³/mol. The van der Waals surface area contributed by atoms with E-state index in [0.717, 1.165) is 11.3 Å². The summed E-state index contributed by atoms with van der Waals surface area (Å²) in [5.74, 6) is 0.146. The van der Waals surface area contributed by atoms with Gasteiger partial charge in [-0.15, -0.1) is 0 Å². The maximum atomic E-state index is 14.0. The lowest BCUT2D eigenvalue weighted by Crippen LogP contribution is -2.03. The second-order valence-corrected chi connectivity index (χ2v) is 7.85. The van der Waals surface area contributed by atoms with Crippen molar-refractivity contribution in [2.45, 2.75) is 13.8 Å². The molecule has 2 heterocycles. The molecule has 34 heavy (non-hydrogen) atoms. The first-order chi connectivity index (χ1) is 15.9. The van der Waals surface area contributed by atoms with Crippen molar-refractivity contribution in [2.75, 3.05) is 17.7 Å². The van der Waals surface area contributed by atoms with Crippen LogP contribution < -0.4 is 21.1 Å². The molecule has 0 fully saturated rings. The van der Waals surface area contributed by atoms with Crippen molar-refractivity contribution in [1.82, 2.24) is 15.0 Å². The van der Waals surface area contributed by atoms with Crippen molar-refractivity contribution >= 4 is 44.6 Å². The molecule has 0 unspecified atom stereocenters. The van der Waals surface area contributed by atoms with Crippen LogP contribution in [-0.4, -0.2) is 39.6 Å². The smallest absolute Gasteiger partial charge is 0.417 e. The number of nitrogens with zero attached hydrogens (tertiary/aromatic N) is 2. The van der Waals surface area contributed by atoms with Gasteiger partial charge in [0, 0.05) is 29.2 Å². The van der Waals surface area contributed by atoms with E-state index >= 15 is 0 Å². The average molecular weight is 493 g/mol. The number of ether oxygens (including phenoxy) is 1. The van der Waals surface area contributed by atoms with Crippen LogP contribution in [0.5, 0.6) is 5.75 Å². The first-order valence-corrected chi connectivity index (χ1v) is 10.9. The first kappa shape index (κ1) is 24.6. The van der Waals surface area contributed by atoms with Crippen LogP contribution in [-0.2, 0) is 10.4 Å². The van der Waals surface area contributed by atoms with Crippen molar-refractivity contribution in [2.24, 2.45) is 0 Å². The van der Waals surface area contributed by atoms with E-state index in [1.165, 1.54) is 7.11 Å². The van der Waals surface area contributed by atoms with Gasteiger partial charge in [-0.1, -0.05) is 0 Å². The van der Waals surface area contributed by atoms with Crippen LogP contribution in [0.3, 0.4) is 0 Å². The van der Waals surface area contributed by atoms with E-state index in [9.17, 15) is 9.18 Å². The van der Waals surface area contributed by atoms with Gasteiger partial charge in [0.2, 0.25) is 5.95 Å². The molecule has 0 aliphatic carbocycles. The van der Waals surface area contributed by atoms with E-state index in [1.54, 1.807) is 43.5 Å². The average Bonchev–Trinajstić information content (AvgIpc) is 3.11. The van der Waals surface area contributed by atoms with Crippen molar-refractivity contribution in [1.29, 1.82) is 0 Å². The molecule has 0 amide bonds. The van der Waals surface area contributed by atoms with Gasteiger partial charge in [-0.3, -0.25) is 14.1 Å². The number of rotatable bonds is 5. The zero-order valence-corrected chi connectivity index (χ0v) is 18.9. The minimum absolute atomic E-state index is 0.139. The Hall–Kier alpha value is -4.01. The number of fused-ring (bicyclic) bond motifs is 1. The van der Waals surface area contributed by atoms with Crippen molar-refractivity contribution in [3.05, 3.63) is 64.0 Å². The normalized spacial score (nSPS) is 11.0. The highest BCUT2D eigenvalue weighted by Crippen LogP contribution is 2.28. The third-order valence-electron chi connectivity index (χ3n) is 4.35. The Labute approximate surface area is 192 Å². The molecule has 0 saturated heterocycles. The summed E-state index contributed by atoms with van der Waals surface area (Å²) in [4.78, 5) is 22.7. The number of methoxy groups -OCH3 is 1. The van der Waals surface area contributed by atoms with Gasteiger partial charge in [-0.05, 0) is 43.7 Å². The number of hydrogen-bond donors (Lipinski definition) is 5. The van der Waals surface area contributed by atoms with E-state index in [1.807, 2.05) is 6.92 Å². The molecule has 12 nitrogen and oxygen atoms in total. The fraction of sp³-hybridized carbons (Fsp3) is 0.150. The lowest BCUT2D eigenvalue weighted by atomic mass is 10.2. The third-order valence-corrected chi connectivity index (χ3v) is 4.35. The van der Waals surface area contributed by atoms with Crippen LogP contribution in [0.25, 0.3) is 11.1 Å². The van der Waals surface area contributed by atoms with E-state index in [2.05, 4.69) is 25.6 Å². The molecule has 2 aromatic carbocycles. The summed E-state index contributed by atoms with van der Waals surface area (Å²) in [6, 6.07) is 8.42. The summed E-state index contributed by atoms with van der Waals surface area (Å²) in [6.45, 7) is 3.53. The number of oxazole rings is 1. The largest absolute Gasteiger partial charge is 0.494 e. The lowest BCUT2D eigenvalue weighted by Gasteiger charge is -2.12. The molecule has 0 saturated carbocycles. The summed E-state index contributed by atoms with van der Waals surface area (Å²) >= 11 is 0. The Bertz CT molecular complexity index is 1490. The first-order valence-electron chi connectivity index (χ1n) is 9.47. The molecule has 4 aromatic rings. The van der Waals surface area contributed by atoms with Gasteiger partial charge in [0.25, 0.3) is 0 Å². The number of halogens is 1. The molecule has 2 aromatic heterocycles.